The second kappa shape index (κ2) is 7.52. The van der Waals surface area contributed by atoms with Crippen LogP contribution in [0.4, 0.5) is 4.79 Å². The van der Waals surface area contributed by atoms with Gasteiger partial charge in [0.15, 0.2) is 6.29 Å². The summed E-state index contributed by atoms with van der Waals surface area (Å²) in [5.74, 6) is 1.48. The predicted molar refractivity (Wildman–Crippen MR) is 82.1 cm³/mol. The van der Waals surface area contributed by atoms with Crippen molar-refractivity contribution in [3.8, 4) is 11.5 Å². The molecular weight excluding hydrogens is 300 g/mol. The molecule has 1 aromatic rings. The van der Waals surface area contributed by atoms with Crippen molar-refractivity contribution in [3.63, 3.8) is 0 Å². The van der Waals surface area contributed by atoms with Crippen molar-refractivity contribution >= 4 is 6.03 Å². The highest BCUT2D eigenvalue weighted by Crippen LogP contribution is 2.27. The zero-order chi connectivity index (χ0) is 16.1. The summed E-state index contributed by atoms with van der Waals surface area (Å²) in [5, 5.41) is 0. The number of methoxy groups -OCH3 is 1. The van der Waals surface area contributed by atoms with Crippen LogP contribution >= 0.6 is 0 Å². The van der Waals surface area contributed by atoms with Crippen molar-refractivity contribution in [1.29, 1.82) is 0 Å². The first-order valence-corrected chi connectivity index (χ1v) is 7.88. The molecule has 3 rings (SSSR count). The molecule has 23 heavy (non-hydrogen) atoms. The highest BCUT2D eigenvalue weighted by molar-refractivity contribution is 5.73. The van der Waals surface area contributed by atoms with Crippen LogP contribution in [0.3, 0.4) is 0 Å². The van der Waals surface area contributed by atoms with Gasteiger partial charge in [-0.05, 0) is 25.0 Å². The van der Waals surface area contributed by atoms with E-state index in [1.165, 1.54) is 0 Å². The van der Waals surface area contributed by atoms with Gasteiger partial charge >= 0.3 is 6.03 Å². The van der Waals surface area contributed by atoms with E-state index in [4.69, 9.17) is 19.0 Å². The van der Waals surface area contributed by atoms with Gasteiger partial charge in [-0.1, -0.05) is 0 Å². The van der Waals surface area contributed by atoms with Gasteiger partial charge in [-0.3, -0.25) is 0 Å². The fraction of sp³-hybridized carbons (Fsp3) is 0.562. The van der Waals surface area contributed by atoms with E-state index in [1.807, 2.05) is 18.2 Å². The van der Waals surface area contributed by atoms with E-state index in [0.717, 1.165) is 36.3 Å². The molecule has 2 aliphatic heterocycles. The van der Waals surface area contributed by atoms with Crippen LogP contribution in [0.1, 0.15) is 24.8 Å². The molecule has 1 atom stereocenters. The number of hydrogen-bond acceptors (Lipinski definition) is 5. The minimum absolute atomic E-state index is 0.286. The van der Waals surface area contributed by atoms with Crippen LogP contribution < -0.4 is 15.0 Å². The predicted octanol–water partition coefficient (Wildman–Crippen LogP) is 2.06. The zero-order valence-electron chi connectivity index (χ0n) is 13.2. The summed E-state index contributed by atoms with van der Waals surface area (Å²) in [6.45, 7) is 2.04. The SMILES string of the molecule is COc1ccc2c(c1)OCCN(C(=O)NOC1CCCCO1)C2. The van der Waals surface area contributed by atoms with Crippen molar-refractivity contribution in [2.24, 2.45) is 0 Å². The first-order chi connectivity index (χ1) is 11.3. The third kappa shape index (κ3) is 4.05. The van der Waals surface area contributed by atoms with Crippen LogP contribution in [0.2, 0.25) is 0 Å². The Bertz CT molecular complexity index is 545. The first-order valence-electron chi connectivity index (χ1n) is 7.88. The number of carbonyl (C=O) groups excluding carboxylic acids is 1. The van der Waals surface area contributed by atoms with Crippen LogP contribution in [0.25, 0.3) is 0 Å². The maximum atomic E-state index is 12.3. The van der Waals surface area contributed by atoms with Gasteiger partial charge in [0.25, 0.3) is 0 Å². The molecule has 0 aliphatic carbocycles. The number of hydroxylamine groups is 1. The zero-order valence-corrected chi connectivity index (χ0v) is 13.2. The average Bonchev–Trinajstić information content (AvgIpc) is 2.82. The highest BCUT2D eigenvalue weighted by atomic mass is 16.8. The van der Waals surface area contributed by atoms with Crippen molar-refractivity contribution in [2.45, 2.75) is 32.1 Å². The van der Waals surface area contributed by atoms with Crippen LogP contribution in [0, 0.1) is 0 Å². The number of carbonyl (C=O) groups is 1. The molecule has 126 valence electrons. The molecule has 0 bridgehead atoms. The molecule has 1 saturated heterocycles. The molecule has 7 nitrogen and oxygen atoms in total. The van der Waals surface area contributed by atoms with Crippen LogP contribution in [0.5, 0.6) is 11.5 Å². The van der Waals surface area contributed by atoms with Gasteiger partial charge in [-0.25, -0.2) is 15.1 Å². The molecule has 2 aliphatic rings. The molecule has 1 aromatic carbocycles. The lowest BCUT2D eigenvalue weighted by Gasteiger charge is -2.25. The number of rotatable bonds is 3. The van der Waals surface area contributed by atoms with Crippen molar-refractivity contribution in [1.82, 2.24) is 10.4 Å². The highest BCUT2D eigenvalue weighted by Gasteiger charge is 2.22. The summed E-state index contributed by atoms with van der Waals surface area (Å²) >= 11 is 0. The first kappa shape index (κ1) is 15.9. The number of nitrogens with one attached hydrogen (secondary N) is 1. The minimum Gasteiger partial charge on any atom is -0.497 e. The summed E-state index contributed by atoms with van der Waals surface area (Å²) < 4.78 is 16.3. The van der Waals surface area contributed by atoms with Gasteiger partial charge in [0.2, 0.25) is 0 Å². The van der Waals surface area contributed by atoms with Crippen LogP contribution in [0.15, 0.2) is 18.2 Å². The van der Waals surface area contributed by atoms with E-state index in [1.54, 1.807) is 12.0 Å². The van der Waals surface area contributed by atoms with Gasteiger partial charge < -0.3 is 19.1 Å². The molecule has 7 heteroatoms. The molecule has 0 saturated carbocycles. The molecule has 1 N–H and O–H groups in total. The molecule has 0 spiro atoms. The third-order valence-electron chi connectivity index (χ3n) is 3.96. The van der Waals surface area contributed by atoms with Gasteiger partial charge in [-0.15, -0.1) is 0 Å². The van der Waals surface area contributed by atoms with Gasteiger partial charge in [0.05, 0.1) is 20.2 Å². The Morgan fingerprint density at radius 2 is 2.26 bits per heavy atom. The Morgan fingerprint density at radius 1 is 1.35 bits per heavy atom. The van der Waals surface area contributed by atoms with E-state index < -0.39 is 0 Å². The van der Waals surface area contributed by atoms with E-state index in [9.17, 15) is 4.79 Å². The second-order valence-corrected chi connectivity index (χ2v) is 5.56. The average molecular weight is 322 g/mol. The summed E-state index contributed by atoms with van der Waals surface area (Å²) in [7, 11) is 1.61. The number of nitrogens with zero attached hydrogens (tertiary/aromatic N) is 1. The Morgan fingerprint density at radius 3 is 3.04 bits per heavy atom. The molecule has 2 heterocycles. The lowest BCUT2D eigenvalue weighted by Crippen LogP contribution is -2.43. The normalized spacial score (nSPS) is 20.9. The quantitative estimate of drug-likeness (QED) is 0.863. The van der Waals surface area contributed by atoms with Crippen molar-refractivity contribution in [3.05, 3.63) is 23.8 Å². The van der Waals surface area contributed by atoms with E-state index in [0.29, 0.717) is 26.3 Å². The largest absolute Gasteiger partial charge is 0.497 e. The lowest BCUT2D eigenvalue weighted by atomic mass is 10.2. The maximum Gasteiger partial charge on any atom is 0.341 e. The summed E-state index contributed by atoms with van der Waals surface area (Å²) in [4.78, 5) is 19.3. The van der Waals surface area contributed by atoms with Gasteiger partial charge in [0.1, 0.15) is 18.1 Å². The van der Waals surface area contributed by atoms with Gasteiger partial charge in [-0.2, -0.15) is 0 Å². The van der Waals surface area contributed by atoms with Crippen LogP contribution in [-0.2, 0) is 16.1 Å². The lowest BCUT2D eigenvalue weighted by molar-refractivity contribution is -0.187. The minimum atomic E-state index is -0.354. The van der Waals surface area contributed by atoms with Crippen LogP contribution in [-0.4, -0.2) is 44.1 Å². The molecule has 0 aromatic heterocycles. The number of amides is 2. The Balaban J connectivity index is 1.57. The Hall–Kier alpha value is -1.99. The van der Waals surface area contributed by atoms with Gasteiger partial charge in [0, 0.05) is 24.7 Å². The third-order valence-corrected chi connectivity index (χ3v) is 3.96. The number of ether oxygens (including phenoxy) is 3. The topological polar surface area (TPSA) is 69.3 Å². The number of benzene rings is 1. The smallest absolute Gasteiger partial charge is 0.341 e. The summed E-state index contributed by atoms with van der Waals surface area (Å²) in [6, 6.07) is 5.32. The molecule has 1 unspecified atom stereocenters. The van der Waals surface area contributed by atoms with Crippen molar-refractivity contribution < 1.29 is 23.8 Å². The second-order valence-electron chi connectivity index (χ2n) is 5.56. The molecular formula is C16H22N2O5. The Labute approximate surface area is 135 Å². The number of fused-ring (bicyclic) bond motifs is 1. The van der Waals surface area contributed by atoms with E-state index in [2.05, 4.69) is 5.48 Å². The van der Waals surface area contributed by atoms with E-state index in [-0.39, 0.29) is 12.3 Å². The fourth-order valence-electron chi connectivity index (χ4n) is 2.64. The number of hydrogen-bond donors (Lipinski definition) is 1. The monoisotopic (exact) mass is 322 g/mol. The summed E-state index contributed by atoms with van der Waals surface area (Å²) in [6.07, 6.45) is 2.53. The fourth-order valence-corrected chi connectivity index (χ4v) is 2.64. The van der Waals surface area contributed by atoms with Crippen molar-refractivity contribution in [2.75, 3.05) is 26.9 Å². The standard InChI is InChI=1S/C16H22N2O5/c1-20-13-6-5-12-11-18(7-9-21-14(12)10-13)16(19)17-23-15-4-2-3-8-22-15/h5-6,10,15H,2-4,7-9,11H2,1H3,(H,17,19). The number of urea groups is 1. The molecule has 2 amide bonds. The molecule has 1 fully saturated rings. The molecule has 0 radical (unpaired) electrons. The van der Waals surface area contributed by atoms with E-state index >= 15 is 0 Å². The summed E-state index contributed by atoms with van der Waals surface area (Å²) in [5.41, 5.74) is 3.42. The Kier molecular flexibility index (Phi) is 5.19. The maximum absolute atomic E-state index is 12.3.